The van der Waals surface area contributed by atoms with Gasteiger partial charge in [-0.1, -0.05) is 18.2 Å². The van der Waals surface area contributed by atoms with Crippen LogP contribution in [0, 0.1) is 0 Å². The van der Waals surface area contributed by atoms with Gasteiger partial charge in [0, 0.05) is 11.9 Å². The van der Waals surface area contributed by atoms with E-state index in [1.165, 1.54) is 0 Å². The lowest BCUT2D eigenvalue weighted by molar-refractivity contribution is -0.192. The molecule has 25 heavy (non-hydrogen) atoms. The quantitative estimate of drug-likeness (QED) is 0.523. The van der Waals surface area contributed by atoms with Crippen molar-refractivity contribution in [2.45, 2.75) is 12.2 Å². The molecule has 8 nitrogen and oxygen atoms in total. The molecule has 1 aromatic carbocycles. The van der Waals surface area contributed by atoms with Crippen LogP contribution in [0.15, 0.2) is 36.4 Å². The van der Waals surface area contributed by atoms with Gasteiger partial charge in [-0.05, 0) is 18.2 Å². The van der Waals surface area contributed by atoms with Crippen molar-refractivity contribution in [2.75, 3.05) is 12.3 Å². The maximum Gasteiger partial charge on any atom is 0.490 e. The van der Waals surface area contributed by atoms with E-state index >= 15 is 0 Å². The summed E-state index contributed by atoms with van der Waals surface area (Å²) in [6.45, 7) is -0.00463. The molecule has 0 radical (unpaired) electrons. The van der Waals surface area contributed by atoms with Crippen LogP contribution < -0.4 is 17.2 Å². The lowest BCUT2D eigenvalue weighted by Crippen LogP contribution is -2.37. The largest absolute Gasteiger partial charge is 0.490 e. The third-order valence-electron chi connectivity index (χ3n) is 2.43. The summed E-state index contributed by atoms with van der Waals surface area (Å²) in [6.07, 6.45) is -5.08. The number of para-hydroxylation sites is 1. The van der Waals surface area contributed by atoms with Crippen molar-refractivity contribution >= 4 is 28.7 Å². The minimum atomic E-state index is -5.08. The first-order chi connectivity index (χ1) is 11.5. The van der Waals surface area contributed by atoms with Gasteiger partial charge < -0.3 is 27.4 Å². The van der Waals surface area contributed by atoms with Crippen LogP contribution in [0.2, 0.25) is 0 Å². The fourth-order valence-corrected chi connectivity index (χ4v) is 1.18. The minimum absolute atomic E-state index is 0.00463. The van der Waals surface area contributed by atoms with Crippen molar-refractivity contribution in [2.24, 2.45) is 11.5 Å². The number of hydrogen-bond donors (Lipinski definition) is 5. The molecule has 2 aromatic rings. The van der Waals surface area contributed by atoms with Crippen LogP contribution >= 0.6 is 0 Å². The third-order valence-corrected chi connectivity index (χ3v) is 2.43. The molecular weight excluding hydrogens is 345 g/mol. The Morgan fingerprint density at radius 3 is 2.04 bits per heavy atom. The molecule has 0 unspecified atom stereocenters. The number of aliphatic carboxylic acids is 2. The van der Waals surface area contributed by atoms with Crippen LogP contribution in [-0.4, -0.2) is 45.9 Å². The normalized spacial score (nSPS) is 11.4. The second-order valence-corrected chi connectivity index (χ2v) is 4.41. The molecule has 2 rings (SSSR count). The zero-order chi connectivity index (χ0) is 19.6. The Hall–Kier alpha value is -2.92. The Morgan fingerprint density at radius 1 is 1.12 bits per heavy atom. The minimum Gasteiger partial charge on any atom is -0.480 e. The highest BCUT2D eigenvalue weighted by molar-refractivity contribution is 5.79. The van der Waals surface area contributed by atoms with Crippen LogP contribution in [-0.2, 0) is 9.59 Å². The van der Waals surface area contributed by atoms with Gasteiger partial charge in [0.15, 0.2) is 0 Å². The summed E-state index contributed by atoms with van der Waals surface area (Å²) in [5.74, 6) is -3.24. The maximum atomic E-state index is 10.6. The number of hydrogen-bond acceptors (Lipinski definition) is 6. The smallest absolute Gasteiger partial charge is 0.480 e. The Bertz CT molecular complexity index is 710. The van der Waals surface area contributed by atoms with Gasteiger partial charge in [0.1, 0.15) is 11.9 Å². The van der Waals surface area contributed by atoms with E-state index in [1.807, 2.05) is 36.4 Å². The van der Waals surface area contributed by atoms with E-state index in [-0.39, 0.29) is 6.54 Å². The molecule has 0 amide bonds. The number of anilines is 1. The van der Waals surface area contributed by atoms with Crippen molar-refractivity contribution in [3.8, 4) is 0 Å². The van der Waals surface area contributed by atoms with Crippen LogP contribution in [0.4, 0.5) is 19.0 Å². The molecule has 11 heteroatoms. The first kappa shape index (κ1) is 22.1. The Kier molecular flexibility index (Phi) is 8.88. The summed E-state index contributed by atoms with van der Waals surface area (Å²) < 4.78 is 31.7. The number of halogens is 3. The monoisotopic (exact) mass is 362 g/mol. The number of carboxylic acid groups (broad SMARTS) is 2. The van der Waals surface area contributed by atoms with E-state index in [9.17, 15) is 18.0 Å². The van der Waals surface area contributed by atoms with Crippen LogP contribution in [0.5, 0.6) is 0 Å². The standard InChI is InChI=1S/C9H8N2.C3H8N2O2.C2HF3O2/c10-9-6-5-7-3-1-2-4-8(7)11-9;4-1-2(5)3(6)7;3-2(4,5)1(6)7/h1-6H,(H2,10,11);2H,1,4-5H2,(H,6,7);(H,6,7)/t;2-;/m.0./s1. The zero-order valence-corrected chi connectivity index (χ0v) is 12.8. The van der Waals surface area contributed by atoms with Gasteiger partial charge in [-0.2, -0.15) is 13.2 Å². The SMILES string of the molecule is NC[C@H](N)C(=O)O.Nc1ccc2ccccc2n1.O=C(O)C(F)(F)F. The lowest BCUT2D eigenvalue weighted by atomic mass is 10.2. The molecule has 1 aromatic heterocycles. The topological polar surface area (TPSA) is 166 Å². The first-order valence-corrected chi connectivity index (χ1v) is 6.58. The van der Waals surface area contributed by atoms with Crippen molar-refractivity contribution in [3.05, 3.63) is 36.4 Å². The highest BCUT2D eigenvalue weighted by atomic mass is 19.4. The van der Waals surface area contributed by atoms with Crippen molar-refractivity contribution in [1.82, 2.24) is 4.98 Å². The average molecular weight is 362 g/mol. The van der Waals surface area contributed by atoms with Gasteiger partial charge in [-0.3, -0.25) is 4.79 Å². The summed E-state index contributed by atoms with van der Waals surface area (Å²) in [7, 11) is 0. The molecule has 1 atom stereocenters. The van der Waals surface area contributed by atoms with Crippen LogP contribution in [0.25, 0.3) is 10.9 Å². The summed E-state index contributed by atoms with van der Waals surface area (Å²) >= 11 is 0. The predicted molar refractivity (Wildman–Crippen MR) is 84.5 cm³/mol. The molecule has 8 N–H and O–H groups in total. The molecule has 0 saturated carbocycles. The highest BCUT2D eigenvalue weighted by Crippen LogP contribution is 2.13. The van der Waals surface area contributed by atoms with E-state index in [0.717, 1.165) is 10.9 Å². The molecular formula is C14H17F3N4O4. The zero-order valence-electron chi connectivity index (χ0n) is 12.8. The average Bonchev–Trinajstić information content (AvgIpc) is 2.54. The molecule has 0 saturated heterocycles. The van der Waals surface area contributed by atoms with Gasteiger partial charge in [-0.15, -0.1) is 0 Å². The number of pyridine rings is 1. The Morgan fingerprint density at radius 2 is 1.64 bits per heavy atom. The second kappa shape index (κ2) is 10.1. The van der Waals surface area contributed by atoms with E-state index in [0.29, 0.717) is 5.82 Å². The second-order valence-electron chi connectivity index (χ2n) is 4.41. The van der Waals surface area contributed by atoms with Crippen LogP contribution in [0.3, 0.4) is 0 Å². The number of carbonyl (C=O) groups is 2. The summed E-state index contributed by atoms with van der Waals surface area (Å²) in [5.41, 5.74) is 16.2. The van der Waals surface area contributed by atoms with E-state index in [2.05, 4.69) is 4.98 Å². The van der Waals surface area contributed by atoms with Gasteiger partial charge in [0.25, 0.3) is 0 Å². The predicted octanol–water partition coefficient (Wildman–Crippen LogP) is 0.807. The van der Waals surface area contributed by atoms with Crippen molar-refractivity contribution < 1.29 is 33.0 Å². The van der Waals surface area contributed by atoms with Crippen molar-refractivity contribution in [3.63, 3.8) is 0 Å². The fraction of sp³-hybridized carbons (Fsp3) is 0.214. The molecule has 0 fully saturated rings. The number of carboxylic acids is 2. The number of nitrogen functional groups attached to an aromatic ring is 1. The van der Waals surface area contributed by atoms with Gasteiger partial charge >= 0.3 is 18.1 Å². The summed E-state index contributed by atoms with van der Waals surface area (Å²) in [6, 6.07) is 10.8. The van der Waals surface area contributed by atoms with E-state index in [4.69, 9.17) is 32.2 Å². The van der Waals surface area contributed by atoms with E-state index in [1.54, 1.807) is 0 Å². The first-order valence-electron chi connectivity index (χ1n) is 6.58. The van der Waals surface area contributed by atoms with Crippen molar-refractivity contribution in [1.29, 1.82) is 0 Å². The number of rotatable bonds is 2. The fourth-order valence-electron chi connectivity index (χ4n) is 1.18. The van der Waals surface area contributed by atoms with Gasteiger partial charge in [0.2, 0.25) is 0 Å². The molecule has 138 valence electrons. The third kappa shape index (κ3) is 9.07. The summed E-state index contributed by atoms with van der Waals surface area (Å²) in [4.78, 5) is 22.8. The number of nitrogens with two attached hydrogens (primary N) is 3. The summed E-state index contributed by atoms with van der Waals surface area (Å²) in [5, 5.41) is 16.2. The molecule has 1 heterocycles. The number of alkyl halides is 3. The van der Waals surface area contributed by atoms with Gasteiger partial charge in [0.05, 0.1) is 5.52 Å². The number of nitrogens with zero attached hydrogens (tertiary/aromatic N) is 1. The van der Waals surface area contributed by atoms with Crippen LogP contribution in [0.1, 0.15) is 0 Å². The van der Waals surface area contributed by atoms with Gasteiger partial charge in [-0.25, -0.2) is 9.78 Å². The Labute approximate surface area is 140 Å². The maximum absolute atomic E-state index is 10.6. The molecule has 0 aliphatic heterocycles. The molecule has 0 spiro atoms. The Balaban J connectivity index is 0.000000366. The highest BCUT2D eigenvalue weighted by Gasteiger charge is 2.38. The molecule has 0 bridgehead atoms. The van der Waals surface area contributed by atoms with E-state index < -0.39 is 24.2 Å². The molecule has 0 aliphatic rings. The lowest BCUT2D eigenvalue weighted by Gasteiger charge is -1.97. The number of benzene rings is 1. The number of aromatic nitrogens is 1. The molecule has 0 aliphatic carbocycles. The number of fused-ring (bicyclic) bond motifs is 1.